The average Bonchev–Trinajstić information content (AvgIpc) is 2.94. The second kappa shape index (κ2) is 7.04. The Bertz CT molecular complexity index is 644. The third-order valence-electron chi connectivity index (χ3n) is 3.44. The first-order chi connectivity index (χ1) is 10.5. The van der Waals surface area contributed by atoms with Crippen molar-refractivity contribution in [2.24, 2.45) is 5.92 Å². The number of nitrogens with one attached hydrogen (secondary N) is 2. The Morgan fingerprint density at radius 1 is 1.41 bits per heavy atom. The number of benzene rings is 1. The summed E-state index contributed by atoms with van der Waals surface area (Å²) in [6.07, 6.45) is 2.96. The summed E-state index contributed by atoms with van der Waals surface area (Å²) in [5.74, 6) is -0.445. The molecule has 2 atom stereocenters. The van der Waals surface area contributed by atoms with Crippen LogP contribution in [0.25, 0.3) is 5.69 Å². The molecule has 0 spiro atoms. The van der Waals surface area contributed by atoms with Gasteiger partial charge in [0.2, 0.25) is 0 Å². The number of carbonyl (C=O) groups excluding carboxylic acids is 1. The first-order valence-electron chi connectivity index (χ1n) is 6.99. The third-order valence-corrected chi connectivity index (χ3v) is 3.44. The summed E-state index contributed by atoms with van der Waals surface area (Å²) in [7, 11) is 0. The van der Waals surface area contributed by atoms with Crippen LogP contribution >= 0.6 is 0 Å². The van der Waals surface area contributed by atoms with Gasteiger partial charge in [-0.3, -0.25) is 0 Å². The highest BCUT2D eigenvalue weighted by Gasteiger charge is 2.14. The maximum Gasteiger partial charge on any atom is 0.319 e. The fraction of sp³-hybridized carbons (Fsp3) is 0.333. The van der Waals surface area contributed by atoms with E-state index in [0.717, 1.165) is 0 Å². The van der Waals surface area contributed by atoms with E-state index in [4.69, 9.17) is 5.11 Å². The molecule has 0 bridgehead atoms. The molecule has 6 nitrogen and oxygen atoms in total. The van der Waals surface area contributed by atoms with E-state index in [-0.39, 0.29) is 18.6 Å². The molecule has 1 aromatic carbocycles. The number of nitrogens with zero attached hydrogens (tertiary/aromatic N) is 2. The number of aliphatic hydroxyl groups is 1. The molecule has 7 heteroatoms. The Balaban J connectivity index is 2.01. The van der Waals surface area contributed by atoms with E-state index in [1.165, 1.54) is 23.1 Å². The van der Waals surface area contributed by atoms with Crippen LogP contribution in [0.4, 0.5) is 14.9 Å². The zero-order valence-corrected chi connectivity index (χ0v) is 12.5. The Labute approximate surface area is 128 Å². The van der Waals surface area contributed by atoms with Gasteiger partial charge in [-0.1, -0.05) is 19.1 Å². The van der Waals surface area contributed by atoms with Crippen LogP contribution in [0.1, 0.15) is 13.8 Å². The van der Waals surface area contributed by atoms with Gasteiger partial charge in [-0.2, -0.15) is 5.10 Å². The molecule has 0 aliphatic rings. The van der Waals surface area contributed by atoms with Crippen LogP contribution in [0.5, 0.6) is 0 Å². The first-order valence-corrected chi connectivity index (χ1v) is 6.99. The van der Waals surface area contributed by atoms with E-state index in [9.17, 15) is 9.18 Å². The van der Waals surface area contributed by atoms with Crippen LogP contribution in [-0.2, 0) is 0 Å². The van der Waals surface area contributed by atoms with Crippen LogP contribution < -0.4 is 10.6 Å². The van der Waals surface area contributed by atoms with Crippen molar-refractivity contribution in [3.8, 4) is 5.69 Å². The number of rotatable bonds is 5. The third kappa shape index (κ3) is 3.82. The fourth-order valence-electron chi connectivity index (χ4n) is 1.83. The molecule has 2 unspecified atom stereocenters. The van der Waals surface area contributed by atoms with E-state index in [2.05, 4.69) is 15.7 Å². The van der Waals surface area contributed by atoms with Crippen molar-refractivity contribution >= 4 is 11.7 Å². The van der Waals surface area contributed by atoms with E-state index in [1.807, 2.05) is 13.8 Å². The first kappa shape index (κ1) is 16.0. The second-order valence-corrected chi connectivity index (χ2v) is 5.17. The lowest BCUT2D eigenvalue weighted by Gasteiger charge is -2.19. The number of halogens is 1. The Hall–Kier alpha value is -2.41. The van der Waals surface area contributed by atoms with E-state index < -0.39 is 11.8 Å². The van der Waals surface area contributed by atoms with Gasteiger partial charge < -0.3 is 15.7 Å². The number of para-hydroxylation sites is 1. The summed E-state index contributed by atoms with van der Waals surface area (Å²) in [6.45, 7) is 3.64. The zero-order chi connectivity index (χ0) is 16.1. The molecule has 3 N–H and O–H groups in total. The monoisotopic (exact) mass is 306 g/mol. The summed E-state index contributed by atoms with van der Waals surface area (Å²) in [6, 6.07) is 5.66. The van der Waals surface area contributed by atoms with Crippen LogP contribution in [0.2, 0.25) is 0 Å². The van der Waals surface area contributed by atoms with Crippen LogP contribution in [-0.4, -0.2) is 33.6 Å². The number of carbonyl (C=O) groups is 1. The minimum Gasteiger partial charge on any atom is -0.396 e. The quantitative estimate of drug-likeness (QED) is 0.792. The molecule has 2 rings (SSSR count). The SMILES string of the molecule is CC(CO)C(C)NC(=O)Nc1cnn(-c2ccccc2F)c1. The maximum absolute atomic E-state index is 13.7. The lowest BCUT2D eigenvalue weighted by atomic mass is 10.1. The molecular weight excluding hydrogens is 287 g/mol. The van der Waals surface area contributed by atoms with Gasteiger partial charge in [0.05, 0.1) is 18.1 Å². The highest BCUT2D eigenvalue weighted by atomic mass is 19.1. The predicted molar refractivity (Wildman–Crippen MR) is 81.4 cm³/mol. The van der Waals surface area contributed by atoms with Gasteiger partial charge >= 0.3 is 6.03 Å². The largest absolute Gasteiger partial charge is 0.396 e. The van der Waals surface area contributed by atoms with Crippen molar-refractivity contribution in [1.82, 2.24) is 15.1 Å². The molecule has 118 valence electrons. The molecular formula is C15H19FN4O2. The summed E-state index contributed by atoms with van der Waals surface area (Å²) in [5.41, 5.74) is 0.753. The second-order valence-electron chi connectivity index (χ2n) is 5.17. The van der Waals surface area contributed by atoms with E-state index >= 15 is 0 Å². The minimum atomic E-state index is -0.402. The average molecular weight is 306 g/mol. The van der Waals surface area contributed by atoms with Crippen molar-refractivity contribution in [3.63, 3.8) is 0 Å². The number of anilines is 1. The standard InChI is InChI=1S/C15H19FN4O2/c1-10(9-21)11(2)18-15(22)19-12-7-17-20(8-12)14-6-4-3-5-13(14)16/h3-8,10-11,21H,9H2,1-2H3,(H2,18,19,22). The highest BCUT2D eigenvalue weighted by molar-refractivity contribution is 5.89. The topological polar surface area (TPSA) is 79.2 Å². The lowest BCUT2D eigenvalue weighted by molar-refractivity contribution is 0.204. The molecule has 0 saturated heterocycles. The minimum absolute atomic E-state index is 0.00728. The molecule has 0 saturated carbocycles. The Morgan fingerprint density at radius 2 is 2.14 bits per heavy atom. The molecule has 0 fully saturated rings. The summed E-state index contributed by atoms with van der Waals surface area (Å²) in [5, 5.41) is 18.4. The van der Waals surface area contributed by atoms with E-state index in [1.54, 1.807) is 18.2 Å². The normalized spacial score (nSPS) is 13.5. The molecule has 2 amide bonds. The highest BCUT2D eigenvalue weighted by Crippen LogP contribution is 2.14. The summed E-state index contributed by atoms with van der Waals surface area (Å²) in [4.78, 5) is 11.8. The van der Waals surface area contributed by atoms with Gasteiger partial charge in [0, 0.05) is 12.6 Å². The van der Waals surface area contributed by atoms with Gasteiger partial charge in [-0.25, -0.2) is 13.9 Å². The van der Waals surface area contributed by atoms with Gasteiger partial charge in [-0.05, 0) is 25.0 Å². The summed E-state index contributed by atoms with van der Waals surface area (Å²) >= 11 is 0. The van der Waals surface area contributed by atoms with Crippen molar-refractivity contribution in [1.29, 1.82) is 0 Å². The fourth-order valence-corrected chi connectivity index (χ4v) is 1.83. The van der Waals surface area contributed by atoms with Crippen molar-refractivity contribution < 1.29 is 14.3 Å². The predicted octanol–water partition coefficient (Wildman–Crippen LogP) is 2.15. The van der Waals surface area contributed by atoms with Gasteiger partial charge in [0.25, 0.3) is 0 Å². The molecule has 0 aliphatic carbocycles. The number of aromatic nitrogens is 2. The smallest absolute Gasteiger partial charge is 0.319 e. The Morgan fingerprint density at radius 3 is 2.82 bits per heavy atom. The number of amides is 2. The van der Waals surface area contributed by atoms with Crippen molar-refractivity contribution in [2.75, 3.05) is 11.9 Å². The molecule has 1 heterocycles. The van der Waals surface area contributed by atoms with Crippen molar-refractivity contribution in [2.45, 2.75) is 19.9 Å². The van der Waals surface area contributed by atoms with Gasteiger partial charge in [0.1, 0.15) is 11.5 Å². The number of hydrogen-bond donors (Lipinski definition) is 3. The number of aliphatic hydroxyl groups excluding tert-OH is 1. The van der Waals surface area contributed by atoms with Crippen LogP contribution in [0.3, 0.4) is 0 Å². The van der Waals surface area contributed by atoms with Crippen molar-refractivity contribution in [3.05, 3.63) is 42.5 Å². The van der Waals surface area contributed by atoms with Crippen LogP contribution in [0.15, 0.2) is 36.7 Å². The molecule has 22 heavy (non-hydrogen) atoms. The molecule has 0 aliphatic heterocycles. The molecule has 2 aromatic rings. The van der Waals surface area contributed by atoms with E-state index in [0.29, 0.717) is 11.4 Å². The zero-order valence-electron chi connectivity index (χ0n) is 12.5. The Kier molecular flexibility index (Phi) is 5.11. The lowest BCUT2D eigenvalue weighted by Crippen LogP contribution is -2.40. The maximum atomic E-state index is 13.7. The number of hydrogen-bond acceptors (Lipinski definition) is 3. The molecule has 1 aromatic heterocycles. The van der Waals surface area contributed by atoms with Gasteiger partial charge in [-0.15, -0.1) is 0 Å². The molecule has 0 radical (unpaired) electrons. The van der Waals surface area contributed by atoms with Crippen LogP contribution in [0, 0.1) is 11.7 Å². The number of urea groups is 1. The summed E-state index contributed by atoms with van der Waals surface area (Å²) < 4.78 is 15.0. The van der Waals surface area contributed by atoms with Gasteiger partial charge in [0.15, 0.2) is 0 Å².